The van der Waals surface area contributed by atoms with Crippen LogP contribution < -0.4 is 0 Å². The Bertz CT molecular complexity index is 391. The van der Waals surface area contributed by atoms with Crippen LogP contribution in [0, 0.1) is 5.41 Å². The lowest BCUT2D eigenvalue weighted by atomic mass is 9.88. The summed E-state index contributed by atoms with van der Waals surface area (Å²) < 4.78 is 34.9. The van der Waals surface area contributed by atoms with Gasteiger partial charge in [0.1, 0.15) is 12.2 Å². The molecule has 1 heterocycles. The summed E-state index contributed by atoms with van der Waals surface area (Å²) in [6.45, 7) is 8.19. The number of hydrogen-bond donors (Lipinski definition) is 1. The highest BCUT2D eigenvalue weighted by Gasteiger charge is 2.31. The molecular weight excluding hydrogens is 258 g/mol. The van der Waals surface area contributed by atoms with Gasteiger partial charge in [-0.05, 0) is 12.3 Å². The van der Waals surface area contributed by atoms with Crippen LogP contribution in [0.3, 0.4) is 0 Å². The lowest BCUT2D eigenvalue weighted by Crippen LogP contribution is -2.23. The van der Waals surface area contributed by atoms with Crippen LogP contribution in [-0.4, -0.2) is 34.4 Å². The van der Waals surface area contributed by atoms with Crippen LogP contribution in [0.25, 0.3) is 0 Å². The zero-order chi connectivity index (χ0) is 14.6. The molecule has 0 amide bonds. The van der Waals surface area contributed by atoms with Crippen molar-refractivity contribution in [2.45, 2.75) is 52.7 Å². The fourth-order valence-electron chi connectivity index (χ4n) is 1.60. The van der Waals surface area contributed by atoms with Crippen LogP contribution in [0.5, 0.6) is 0 Å². The first-order chi connectivity index (χ1) is 8.75. The number of aliphatic hydroxyl groups excluding tert-OH is 1. The quantitative estimate of drug-likeness (QED) is 0.865. The molecule has 0 radical (unpaired) electrons. The van der Waals surface area contributed by atoms with Gasteiger partial charge in [0, 0.05) is 6.61 Å². The first-order valence-corrected chi connectivity index (χ1v) is 6.16. The van der Waals surface area contributed by atoms with Crippen LogP contribution >= 0.6 is 0 Å². The molecule has 0 bridgehead atoms. The second kappa shape index (κ2) is 6.38. The minimum absolute atomic E-state index is 0.0169. The van der Waals surface area contributed by atoms with Crippen LogP contribution in [0.1, 0.15) is 45.5 Å². The van der Waals surface area contributed by atoms with Crippen molar-refractivity contribution in [2.75, 3.05) is 6.61 Å². The average Bonchev–Trinajstić information content (AvgIpc) is 2.72. The number of halogens is 2. The highest BCUT2D eigenvalue weighted by molar-refractivity contribution is 4.97. The molecule has 0 saturated heterocycles. The zero-order valence-electron chi connectivity index (χ0n) is 11.6. The monoisotopic (exact) mass is 278 g/mol. The maximum absolute atomic E-state index is 12.2. The molecule has 2 unspecified atom stereocenters. The maximum atomic E-state index is 12.2. The SMILES string of the molecule is CCOC(c1noc(CC(O)C(F)F)n1)C(C)(C)C. The number of aromatic nitrogens is 2. The van der Waals surface area contributed by atoms with Crippen molar-refractivity contribution in [2.24, 2.45) is 5.41 Å². The molecular formula is C12H20F2N2O3. The van der Waals surface area contributed by atoms with Crippen molar-refractivity contribution >= 4 is 0 Å². The normalized spacial score (nSPS) is 15.8. The topological polar surface area (TPSA) is 68.4 Å². The number of hydrogen-bond acceptors (Lipinski definition) is 5. The lowest BCUT2D eigenvalue weighted by molar-refractivity contribution is -0.0203. The first kappa shape index (κ1) is 16.0. The molecule has 0 aliphatic rings. The second-order valence-electron chi connectivity index (χ2n) is 5.35. The minimum Gasteiger partial charge on any atom is -0.387 e. The van der Waals surface area contributed by atoms with Gasteiger partial charge < -0.3 is 14.4 Å². The Morgan fingerprint density at radius 3 is 2.47 bits per heavy atom. The van der Waals surface area contributed by atoms with Crippen molar-refractivity contribution in [3.05, 3.63) is 11.7 Å². The van der Waals surface area contributed by atoms with Crippen molar-refractivity contribution < 1.29 is 23.1 Å². The smallest absolute Gasteiger partial charge is 0.264 e. The van der Waals surface area contributed by atoms with E-state index < -0.39 is 18.6 Å². The van der Waals surface area contributed by atoms with E-state index in [4.69, 9.17) is 14.4 Å². The molecule has 0 aliphatic carbocycles. The second-order valence-corrected chi connectivity index (χ2v) is 5.35. The molecule has 0 aliphatic heterocycles. The Labute approximate surface area is 111 Å². The predicted octanol–water partition coefficient (Wildman–Crippen LogP) is 2.36. The summed E-state index contributed by atoms with van der Waals surface area (Å²) in [4.78, 5) is 4.02. The third-order valence-electron chi connectivity index (χ3n) is 2.51. The summed E-state index contributed by atoms with van der Waals surface area (Å²) in [5.41, 5.74) is -0.252. The molecule has 19 heavy (non-hydrogen) atoms. The summed E-state index contributed by atoms with van der Waals surface area (Å²) in [6, 6.07) is 0. The molecule has 2 atom stereocenters. The van der Waals surface area contributed by atoms with Gasteiger partial charge in [-0.3, -0.25) is 0 Å². The Kier molecular flexibility index (Phi) is 5.37. The van der Waals surface area contributed by atoms with E-state index in [0.29, 0.717) is 12.4 Å². The Morgan fingerprint density at radius 2 is 2.00 bits per heavy atom. The number of aliphatic hydroxyl groups is 1. The lowest BCUT2D eigenvalue weighted by Gasteiger charge is -2.27. The molecule has 0 fully saturated rings. The fraction of sp³-hybridized carbons (Fsp3) is 0.833. The van der Waals surface area contributed by atoms with Gasteiger partial charge in [-0.25, -0.2) is 8.78 Å². The molecule has 0 aromatic carbocycles. The van der Waals surface area contributed by atoms with Crippen LogP contribution in [-0.2, 0) is 11.2 Å². The molecule has 110 valence electrons. The molecule has 0 saturated carbocycles. The molecule has 5 nitrogen and oxygen atoms in total. The summed E-state index contributed by atoms with van der Waals surface area (Å²) in [5.74, 6) is 0.294. The van der Waals surface area contributed by atoms with Crippen molar-refractivity contribution in [1.29, 1.82) is 0 Å². The van der Waals surface area contributed by atoms with Gasteiger partial charge in [0.05, 0.1) is 6.42 Å². The highest BCUT2D eigenvalue weighted by atomic mass is 19.3. The van der Waals surface area contributed by atoms with Gasteiger partial charge in [0.25, 0.3) is 6.43 Å². The van der Waals surface area contributed by atoms with Crippen molar-refractivity contribution in [3.8, 4) is 0 Å². The van der Waals surface area contributed by atoms with E-state index in [0.717, 1.165) is 0 Å². The standard InChI is InChI=1S/C12H20F2N2O3/c1-5-18-9(12(2,3)4)11-15-8(19-16-11)6-7(17)10(13)14/h7,9-10,17H,5-6H2,1-4H3. The third kappa shape index (κ3) is 4.50. The molecule has 0 spiro atoms. The highest BCUT2D eigenvalue weighted by Crippen LogP contribution is 2.34. The molecule has 1 N–H and O–H groups in total. The van der Waals surface area contributed by atoms with Crippen LogP contribution in [0.2, 0.25) is 0 Å². The van der Waals surface area contributed by atoms with Gasteiger partial charge in [0.15, 0.2) is 0 Å². The predicted molar refractivity (Wildman–Crippen MR) is 63.8 cm³/mol. The summed E-state index contributed by atoms with van der Waals surface area (Å²) in [5, 5.41) is 12.8. The first-order valence-electron chi connectivity index (χ1n) is 6.16. The third-order valence-corrected chi connectivity index (χ3v) is 2.51. The molecule has 1 aromatic heterocycles. The zero-order valence-corrected chi connectivity index (χ0v) is 11.6. The van der Waals surface area contributed by atoms with E-state index in [1.54, 1.807) is 0 Å². The van der Waals surface area contributed by atoms with Crippen LogP contribution in [0.15, 0.2) is 4.52 Å². The summed E-state index contributed by atoms with van der Waals surface area (Å²) in [7, 11) is 0. The summed E-state index contributed by atoms with van der Waals surface area (Å²) >= 11 is 0. The summed E-state index contributed by atoms with van der Waals surface area (Å²) in [6.07, 6.45) is -5.39. The number of ether oxygens (including phenoxy) is 1. The maximum Gasteiger partial charge on any atom is 0.264 e. The Balaban J connectivity index is 2.82. The number of nitrogens with zero attached hydrogens (tertiary/aromatic N) is 2. The van der Waals surface area contributed by atoms with E-state index in [1.165, 1.54) is 0 Å². The Morgan fingerprint density at radius 1 is 1.37 bits per heavy atom. The van der Waals surface area contributed by atoms with Gasteiger partial charge in [-0.15, -0.1) is 0 Å². The van der Waals surface area contributed by atoms with E-state index >= 15 is 0 Å². The molecule has 1 rings (SSSR count). The minimum atomic E-state index is -2.83. The average molecular weight is 278 g/mol. The Hall–Kier alpha value is -1.08. The van der Waals surface area contributed by atoms with Gasteiger partial charge in [0.2, 0.25) is 11.7 Å². The number of rotatable bonds is 6. The van der Waals surface area contributed by atoms with E-state index in [-0.39, 0.29) is 17.7 Å². The van der Waals surface area contributed by atoms with Crippen molar-refractivity contribution in [3.63, 3.8) is 0 Å². The van der Waals surface area contributed by atoms with Gasteiger partial charge >= 0.3 is 0 Å². The van der Waals surface area contributed by atoms with Gasteiger partial charge in [-0.1, -0.05) is 25.9 Å². The van der Waals surface area contributed by atoms with Crippen molar-refractivity contribution in [1.82, 2.24) is 10.1 Å². The molecule has 7 heteroatoms. The van der Waals surface area contributed by atoms with Crippen LogP contribution in [0.4, 0.5) is 8.78 Å². The van der Waals surface area contributed by atoms with E-state index in [2.05, 4.69) is 10.1 Å². The molecule has 1 aromatic rings. The number of alkyl halides is 2. The van der Waals surface area contributed by atoms with E-state index in [9.17, 15) is 8.78 Å². The largest absolute Gasteiger partial charge is 0.387 e. The van der Waals surface area contributed by atoms with E-state index in [1.807, 2.05) is 27.7 Å². The fourth-order valence-corrected chi connectivity index (χ4v) is 1.60. The van der Waals surface area contributed by atoms with Gasteiger partial charge in [-0.2, -0.15) is 4.98 Å².